The highest BCUT2D eigenvalue weighted by Gasteiger charge is 2.42. The Morgan fingerprint density at radius 3 is 1.74 bits per heavy atom. The first-order valence-electron chi connectivity index (χ1n) is 23.8. The number of hydrogen-bond donors (Lipinski definition) is 0. The number of fused-ring (bicyclic) bond motifs is 13. The standard InChI is InChI=1S/C61H55BN3O/c1-34-21-24-42-41-18-14-16-39(57(41)66-58(42)53(34)50-20-12-13-27-63(50)11)35-28-51-54-52(29-35)65-49-26-23-37(60(5,6)7)31-44(49)45-32-38(61(8,9)10)33-47(56(45)65)62(54)46-19-15-17-40-43-30-36(59(2,3)4)22-25-48(43)64(51)55(40)46/h12-33H,1-11H3/q+1. The van der Waals surface area contributed by atoms with Gasteiger partial charge in [0.15, 0.2) is 6.20 Å². The lowest BCUT2D eigenvalue weighted by molar-refractivity contribution is -0.660. The lowest BCUT2D eigenvalue weighted by Gasteiger charge is -2.35. The lowest BCUT2D eigenvalue weighted by atomic mass is 9.34. The minimum atomic E-state index is -0.0474. The van der Waals surface area contributed by atoms with Crippen molar-refractivity contribution >= 4 is 88.7 Å². The van der Waals surface area contributed by atoms with Crippen LogP contribution < -0.4 is 21.0 Å². The SMILES string of the molecule is Cc1ccc2c(oc3c(-c4cc5c6c(c4)-n4c7ccc(C(C)(C)C)cc7c7cc(C(C)(C)C)cc(c74)B6c4cccc6c7cc(C(C)(C)C)ccc7n-5c46)cccc32)c1-c1cccc[n+]1C. The van der Waals surface area contributed by atoms with Crippen molar-refractivity contribution in [2.45, 2.75) is 85.5 Å². The normalized spacial score (nSPS) is 13.7. The first-order chi connectivity index (χ1) is 31.5. The van der Waals surface area contributed by atoms with Gasteiger partial charge >= 0.3 is 0 Å². The Bertz CT molecular complexity index is 3960. The van der Waals surface area contributed by atoms with Crippen molar-refractivity contribution in [3.63, 3.8) is 0 Å². The van der Waals surface area contributed by atoms with Gasteiger partial charge in [0.25, 0.3) is 6.71 Å². The van der Waals surface area contributed by atoms with Crippen molar-refractivity contribution in [2.75, 3.05) is 0 Å². The molecule has 0 bridgehead atoms. The monoisotopic (exact) mass is 856 g/mol. The average Bonchev–Trinajstić information content (AvgIpc) is 3.94. The summed E-state index contributed by atoms with van der Waals surface area (Å²) in [4.78, 5) is 0. The first-order valence-corrected chi connectivity index (χ1v) is 23.8. The summed E-state index contributed by atoms with van der Waals surface area (Å²) in [5, 5.41) is 7.53. The molecule has 7 aromatic carbocycles. The molecule has 0 aliphatic carbocycles. The van der Waals surface area contributed by atoms with Crippen LogP contribution in [0.1, 0.15) is 84.6 Å². The van der Waals surface area contributed by atoms with Crippen LogP contribution in [0.3, 0.4) is 0 Å². The van der Waals surface area contributed by atoms with Crippen LogP contribution in [0.5, 0.6) is 0 Å². The van der Waals surface area contributed by atoms with Gasteiger partial charge in [-0.05, 0) is 116 Å². The number of pyridine rings is 1. The van der Waals surface area contributed by atoms with E-state index in [1.807, 2.05) is 0 Å². The third kappa shape index (κ3) is 5.26. The van der Waals surface area contributed by atoms with E-state index in [0.717, 1.165) is 44.3 Å². The maximum atomic E-state index is 7.26. The van der Waals surface area contributed by atoms with Gasteiger partial charge in [0.05, 0.1) is 16.6 Å². The predicted octanol–water partition coefficient (Wildman–Crippen LogP) is 13.3. The molecule has 322 valence electrons. The quantitative estimate of drug-likeness (QED) is 0.126. The smallest absolute Gasteiger partial charge is 0.252 e. The van der Waals surface area contributed by atoms with Crippen molar-refractivity contribution in [3.05, 3.63) is 156 Å². The second-order valence-electron chi connectivity index (χ2n) is 22.6. The number of rotatable bonds is 2. The Morgan fingerprint density at radius 2 is 1.09 bits per heavy atom. The zero-order valence-electron chi connectivity index (χ0n) is 40.0. The average molecular weight is 857 g/mol. The van der Waals surface area contributed by atoms with Gasteiger partial charge in [-0.15, -0.1) is 0 Å². The number of hydrogen-bond acceptors (Lipinski definition) is 1. The van der Waals surface area contributed by atoms with Crippen LogP contribution >= 0.6 is 0 Å². The van der Waals surface area contributed by atoms with Crippen molar-refractivity contribution in [2.24, 2.45) is 7.05 Å². The minimum Gasteiger partial charge on any atom is -0.454 e. The molecule has 0 fully saturated rings. The van der Waals surface area contributed by atoms with Gasteiger partial charge in [-0.1, -0.05) is 129 Å². The summed E-state index contributed by atoms with van der Waals surface area (Å²) in [5.74, 6) is 0. The predicted molar refractivity (Wildman–Crippen MR) is 280 cm³/mol. The van der Waals surface area contributed by atoms with Gasteiger partial charge < -0.3 is 13.6 Å². The fourth-order valence-corrected chi connectivity index (χ4v) is 11.8. The fraction of sp³-hybridized carbons (Fsp3) is 0.230. The summed E-state index contributed by atoms with van der Waals surface area (Å²) < 4.78 is 14.7. The molecule has 0 unspecified atom stereocenters. The molecule has 13 rings (SSSR count). The van der Waals surface area contributed by atoms with E-state index in [-0.39, 0.29) is 23.0 Å². The molecule has 0 saturated carbocycles. The molecule has 11 aromatic rings. The summed E-state index contributed by atoms with van der Waals surface area (Å²) in [6, 6.07) is 49.2. The molecule has 0 radical (unpaired) electrons. The second kappa shape index (κ2) is 12.9. The molecular weight excluding hydrogens is 802 g/mol. The van der Waals surface area contributed by atoms with E-state index in [1.165, 1.54) is 93.6 Å². The van der Waals surface area contributed by atoms with Crippen LogP contribution in [-0.2, 0) is 23.3 Å². The molecule has 5 heteroatoms. The third-order valence-electron chi connectivity index (χ3n) is 15.3. The third-order valence-corrected chi connectivity index (χ3v) is 15.3. The van der Waals surface area contributed by atoms with Crippen LogP contribution in [0, 0.1) is 6.92 Å². The van der Waals surface area contributed by atoms with E-state index in [4.69, 9.17) is 4.42 Å². The van der Waals surface area contributed by atoms with Gasteiger partial charge in [0.1, 0.15) is 18.2 Å². The molecule has 0 N–H and O–H groups in total. The van der Waals surface area contributed by atoms with E-state index in [0.29, 0.717) is 0 Å². The number of nitrogens with zero attached hydrogens (tertiary/aromatic N) is 3. The first kappa shape index (κ1) is 39.5. The van der Waals surface area contributed by atoms with Gasteiger partial charge in [0.2, 0.25) is 5.69 Å². The van der Waals surface area contributed by atoms with Crippen LogP contribution in [0.15, 0.2) is 138 Å². The molecule has 4 nitrogen and oxygen atoms in total. The molecule has 2 aliphatic rings. The van der Waals surface area contributed by atoms with E-state index in [9.17, 15) is 0 Å². The second-order valence-corrected chi connectivity index (χ2v) is 22.6. The van der Waals surface area contributed by atoms with Gasteiger partial charge in [-0.3, -0.25) is 0 Å². The zero-order valence-corrected chi connectivity index (χ0v) is 40.0. The fourth-order valence-electron chi connectivity index (χ4n) is 11.8. The summed E-state index contributed by atoms with van der Waals surface area (Å²) in [6.45, 7) is 23.3. The maximum absolute atomic E-state index is 7.26. The molecule has 66 heavy (non-hydrogen) atoms. The molecule has 0 saturated heterocycles. The molecule has 0 spiro atoms. The maximum Gasteiger partial charge on any atom is 0.252 e. The van der Waals surface area contributed by atoms with Gasteiger partial charge in [-0.25, -0.2) is 4.57 Å². The Hall–Kier alpha value is -6.85. The highest BCUT2D eigenvalue weighted by Crippen LogP contribution is 2.46. The molecule has 0 atom stereocenters. The number of benzene rings is 7. The number of furan rings is 1. The molecule has 0 amide bonds. The van der Waals surface area contributed by atoms with Crippen molar-refractivity contribution in [3.8, 4) is 33.8 Å². The molecule has 4 aromatic heterocycles. The summed E-state index contributed by atoms with van der Waals surface area (Å²) >= 11 is 0. The van der Waals surface area contributed by atoms with E-state index >= 15 is 0 Å². The van der Waals surface area contributed by atoms with E-state index in [1.54, 1.807) is 0 Å². The minimum absolute atomic E-state index is 0.00557. The Morgan fingerprint density at radius 1 is 0.500 bits per heavy atom. The molecule has 2 aliphatic heterocycles. The summed E-state index contributed by atoms with van der Waals surface area (Å²) in [6.07, 6.45) is 2.12. The van der Waals surface area contributed by atoms with E-state index < -0.39 is 0 Å². The van der Waals surface area contributed by atoms with Crippen LogP contribution in [-0.4, -0.2) is 15.8 Å². The van der Waals surface area contributed by atoms with Crippen LogP contribution in [0.2, 0.25) is 0 Å². The highest BCUT2D eigenvalue weighted by atomic mass is 16.3. The largest absolute Gasteiger partial charge is 0.454 e. The number of aromatic nitrogens is 3. The summed E-state index contributed by atoms with van der Waals surface area (Å²) in [5.41, 5.74) is 23.3. The Balaban J connectivity index is 1.20. The Labute approximate surface area is 387 Å². The van der Waals surface area contributed by atoms with Crippen molar-refractivity contribution in [1.82, 2.24) is 9.13 Å². The molecule has 6 heterocycles. The number of aryl methyl sites for hydroxylation is 2. The lowest BCUT2D eigenvalue weighted by Crippen LogP contribution is -2.59. The van der Waals surface area contributed by atoms with Crippen molar-refractivity contribution in [1.29, 1.82) is 0 Å². The summed E-state index contributed by atoms with van der Waals surface area (Å²) in [7, 11) is 2.12. The van der Waals surface area contributed by atoms with Crippen LogP contribution in [0.4, 0.5) is 0 Å². The highest BCUT2D eigenvalue weighted by molar-refractivity contribution is 7.00. The number of para-hydroxylation sites is 2. The van der Waals surface area contributed by atoms with Crippen molar-refractivity contribution < 1.29 is 8.98 Å². The van der Waals surface area contributed by atoms with Gasteiger partial charge in [0, 0.05) is 72.4 Å². The zero-order chi connectivity index (χ0) is 45.5. The molecular formula is C61H55BN3O+. The van der Waals surface area contributed by atoms with E-state index in [2.05, 4.69) is 224 Å². The topological polar surface area (TPSA) is 26.9 Å². The van der Waals surface area contributed by atoms with Gasteiger partial charge in [-0.2, -0.15) is 0 Å². The van der Waals surface area contributed by atoms with Crippen LogP contribution in [0.25, 0.3) is 99.3 Å². The Kier molecular flexibility index (Phi) is 7.75.